The summed E-state index contributed by atoms with van der Waals surface area (Å²) in [5, 5.41) is -0.0893. The van der Waals surface area contributed by atoms with E-state index in [1.807, 2.05) is 6.92 Å². The molecule has 0 atom stereocenters. The van der Waals surface area contributed by atoms with Crippen LogP contribution in [0.2, 0.25) is 5.02 Å². The summed E-state index contributed by atoms with van der Waals surface area (Å²) in [7, 11) is -4.15. The maximum atomic E-state index is 13.1. The van der Waals surface area contributed by atoms with Crippen molar-refractivity contribution in [2.24, 2.45) is 0 Å². The van der Waals surface area contributed by atoms with Crippen molar-refractivity contribution in [3.63, 3.8) is 0 Å². The molecule has 0 aromatic heterocycles. The number of aryl methyl sites for hydroxylation is 1. The van der Waals surface area contributed by atoms with Crippen LogP contribution < -0.4 is 4.18 Å². The minimum atomic E-state index is -4.15. The van der Waals surface area contributed by atoms with Gasteiger partial charge >= 0.3 is 10.1 Å². The lowest BCUT2D eigenvalue weighted by Gasteiger charge is -2.08. The lowest BCUT2D eigenvalue weighted by atomic mass is 10.2. The number of hydrogen-bond acceptors (Lipinski definition) is 3. The van der Waals surface area contributed by atoms with E-state index in [1.165, 1.54) is 18.2 Å². The van der Waals surface area contributed by atoms with Gasteiger partial charge in [-0.1, -0.05) is 29.3 Å². The van der Waals surface area contributed by atoms with Crippen molar-refractivity contribution in [1.82, 2.24) is 0 Å². The Bertz CT molecular complexity index is 696. The van der Waals surface area contributed by atoms with Crippen molar-refractivity contribution in [3.05, 3.63) is 58.9 Å². The van der Waals surface area contributed by atoms with Gasteiger partial charge in [0.2, 0.25) is 0 Å². The molecule has 0 amide bonds. The largest absolute Gasteiger partial charge is 0.379 e. The lowest BCUT2D eigenvalue weighted by molar-refractivity contribution is 0.485. The van der Waals surface area contributed by atoms with Crippen LogP contribution in [0, 0.1) is 12.7 Å². The van der Waals surface area contributed by atoms with Crippen molar-refractivity contribution in [2.75, 3.05) is 0 Å². The molecule has 0 aliphatic carbocycles. The van der Waals surface area contributed by atoms with E-state index in [2.05, 4.69) is 0 Å². The van der Waals surface area contributed by atoms with Gasteiger partial charge < -0.3 is 4.18 Å². The van der Waals surface area contributed by atoms with Gasteiger partial charge in [-0.2, -0.15) is 8.42 Å². The van der Waals surface area contributed by atoms with Crippen LogP contribution in [-0.2, 0) is 10.1 Å². The fourth-order valence-electron chi connectivity index (χ4n) is 1.43. The third kappa shape index (κ3) is 3.24. The molecular weight excluding hydrogens is 291 g/mol. The first-order valence-corrected chi connectivity index (χ1v) is 7.13. The maximum absolute atomic E-state index is 13.1. The zero-order valence-electron chi connectivity index (χ0n) is 9.93. The maximum Gasteiger partial charge on any atom is 0.340 e. The topological polar surface area (TPSA) is 43.4 Å². The standard InChI is InChI=1S/C13H10ClFO3S/c1-9-2-5-11(6-3-9)18-19(16,17)13-8-10(15)4-7-12(13)14/h2-8H,1H3. The van der Waals surface area contributed by atoms with E-state index < -0.39 is 20.8 Å². The molecule has 0 aliphatic rings. The minimum absolute atomic E-state index is 0.0893. The highest BCUT2D eigenvalue weighted by Gasteiger charge is 2.21. The third-order valence-electron chi connectivity index (χ3n) is 2.39. The highest BCUT2D eigenvalue weighted by Crippen LogP contribution is 2.25. The summed E-state index contributed by atoms with van der Waals surface area (Å²) in [6, 6.07) is 9.51. The van der Waals surface area contributed by atoms with Gasteiger partial charge in [0.15, 0.2) is 0 Å². The SMILES string of the molecule is Cc1ccc(OS(=O)(=O)c2cc(F)ccc2Cl)cc1. The van der Waals surface area contributed by atoms with E-state index in [-0.39, 0.29) is 10.8 Å². The summed E-state index contributed by atoms with van der Waals surface area (Å²) in [6.07, 6.45) is 0. The van der Waals surface area contributed by atoms with Crippen LogP contribution in [0.1, 0.15) is 5.56 Å². The summed E-state index contributed by atoms with van der Waals surface area (Å²) in [4.78, 5) is -0.394. The molecule has 0 saturated heterocycles. The Kier molecular flexibility index (Phi) is 3.78. The molecule has 6 heteroatoms. The van der Waals surface area contributed by atoms with Crippen molar-refractivity contribution >= 4 is 21.7 Å². The van der Waals surface area contributed by atoms with Crippen molar-refractivity contribution in [1.29, 1.82) is 0 Å². The van der Waals surface area contributed by atoms with Gasteiger partial charge in [0, 0.05) is 0 Å². The molecule has 19 heavy (non-hydrogen) atoms. The van der Waals surface area contributed by atoms with Gasteiger partial charge in [0.1, 0.15) is 16.5 Å². The lowest BCUT2D eigenvalue weighted by Crippen LogP contribution is -2.10. The van der Waals surface area contributed by atoms with Gasteiger partial charge in [0.25, 0.3) is 0 Å². The molecule has 0 N–H and O–H groups in total. The Balaban J connectivity index is 2.37. The molecule has 0 bridgehead atoms. The molecular formula is C13H10ClFO3S. The molecule has 0 saturated carbocycles. The number of benzene rings is 2. The van der Waals surface area contributed by atoms with Gasteiger partial charge in [0.05, 0.1) is 5.02 Å². The fraction of sp³-hybridized carbons (Fsp3) is 0.0769. The van der Waals surface area contributed by atoms with E-state index in [4.69, 9.17) is 15.8 Å². The van der Waals surface area contributed by atoms with Crippen LogP contribution in [0.3, 0.4) is 0 Å². The second kappa shape index (κ2) is 5.19. The molecule has 0 fully saturated rings. The van der Waals surface area contributed by atoms with E-state index in [0.29, 0.717) is 0 Å². The fourth-order valence-corrected chi connectivity index (χ4v) is 2.85. The minimum Gasteiger partial charge on any atom is -0.379 e. The van der Waals surface area contributed by atoms with Crippen LogP contribution in [-0.4, -0.2) is 8.42 Å². The zero-order chi connectivity index (χ0) is 14.0. The predicted octanol–water partition coefficient (Wildman–Crippen LogP) is 3.56. The first kappa shape index (κ1) is 13.8. The summed E-state index contributed by atoms with van der Waals surface area (Å²) < 4.78 is 42.0. The van der Waals surface area contributed by atoms with Crippen LogP contribution >= 0.6 is 11.6 Å². The Morgan fingerprint density at radius 2 is 1.74 bits per heavy atom. The second-order valence-corrected chi connectivity index (χ2v) is 5.85. The molecule has 2 aromatic carbocycles. The summed E-state index contributed by atoms with van der Waals surface area (Å²) in [6.45, 7) is 1.86. The number of hydrogen-bond donors (Lipinski definition) is 0. The molecule has 0 heterocycles. The average molecular weight is 301 g/mol. The second-order valence-electron chi connectivity index (χ2n) is 3.93. The molecule has 3 nitrogen and oxygen atoms in total. The monoisotopic (exact) mass is 300 g/mol. The first-order chi connectivity index (χ1) is 8.88. The Labute approximate surface area is 115 Å². The Morgan fingerprint density at radius 1 is 1.11 bits per heavy atom. The van der Waals surface area contributed by atoms with E-state index in [0.717, 1.165) is 17.7 Å². The number of halogens is 2. The first-order valence-electron chi connectivity index (χ1n) is 5.35. The highest BCUT2D eigenvalue weighted by atomic mass is 35.5. The zero-order valence-corrected chi connectivity index (χ0v) is 11.5. The van der Waals surface area contributed by atoms with Gasteiger partial charge in [-0.05, 0) is 37.3 Å². The Hall–Kier alpha value is -1.59. The quantitative estimate of drug-likeness (QED) is 0.814. The van der Waals surface area contributed by atoms with Crippen molar-refractivity contribution < 1.29 is 17.0 Å². The van der Waals surface area contributed by atoms with Crippen LogP contribution in [0.25, 0.3) is 0 Å². The molecule has 0 unspecified atom stereocenters. The van der Waals surface area contributed by atoms with Crippen LogP contribution in [0.5, 0.6) is 5.75 Å². The summed E-state index contributed by atoms with van der Waals surface area (Å²) >= 11 is 5.75. The van der Waals surface area contributed by atoms with Crippen LogP contribution in [0.4, 0.5) is 4.39 Å². The number of rotatable bonds is 3. The highest BCUT2D eigenvalue weighted by molar-refractivity contribution is 7.87. The van der Waals surface area contributed by atoms with Crippen molar-refractivity contribution in [2.45, 2.75) is 11.8 Å². The van der Waals surface area contributed by atoms with Crippen molar-refractivity contribution in [3.8, 4) is 5.75 Å². The van der Waals surface area contributed by atoms with E-state index in [9.17, 15) is 12.8 Å². The van der Waals surface area contributed by atoms with Crippen LogP contribution in [0.15, 0.2) is 47.4 Å². The average Bonchev–Trinajstić information content (AvgIpc) is 2.35. The molecule has 0 aliphatic heterocycles. The summed E-state index contributed by atoms with van der Waals surface area (Å²) in [5.74, 6) is -0.554. The summed E-state index contributed by atoms with van der Waals surface area (Å²) in [5.41, 5.74) is 0.966. The molecule has 2 rings (SSSR count). The van der Waals surface area contributed by atoms with Gasteiger partial charge in [-0.3, -0.25) is 0 Å². The van der Waals surface area contributed by atoms with E-state index in [1.54, 1.807) is 12.1 Å². The molecule has 2 aromatic rings. The normalized spacial score (nSPS) is 11.3. The molecule has 100 valence electrons. The third-order valence-corrected chi connectivity index (χ3v) is 4.12. The molecule has 0 spiro atoms. The smallest absolute Gasteiger partial charge is 0.340 e. The van der Waals surface area contributed by atoms with Gasteiger partial charge in [-0.15, -0.1) is 0 Å². The Morgan fingerprint density at radius 3 is 2.37 bits per heavy atom. The van der Waals surface area contributed by atoms with E-state index >= 15 is 0 Å². The molecule has 0 radical (unpaired) electrons. The van der Waals surface area contributed by atoms with Gasteiger partial charge in [-0.25, -0.2) is 4.39 Å². The predicted molar refractivity (Wildman–Crippen MR) is 70.4 cm³/mol.